The minimum absolute atomic E-state index is 0.0822. The molecule has 1 amide bonds. The van der Waals surface area contributed by atoms with Gasteiger partial charge in [0.05, 0.1) is 5.57 Å². The summed E-state index contributed by atoms with van der Waals surface area (Å²) in [4.78, 5) is 16.8. The van der Waals surface area contributed by atoms with Gasteiger partial charge in [-0.15, -0.1) is 0 Å². The summed E-state index contributed by atoms with van der Waals surface area (Å²) >= 11 is 1.38. The molecule has 1 aromatic heterocycles. The van der Waals surface area contributed by atoms with Crippen LogP contribution in [0.15, 0.2) is 46.0 Å². The number of rotatable bonds is 4. The Hall–Kier alpha value is -2.93. The number of aromatic nitrogens is 1. The standard InChI is InChI=1S/C22H23N5OS/c1-5-6-19-25-27-20(23)18(21(28)24-22(27)29-19)12-16-11-14(3)26(15(16)4)17-9-7-13(2)8-10-17/h7-12,23H,5-6H2,1-4H3/b18-12-,23-20?. The van der Waals surface area contributed by atoms with Crippen LogP contribution in [-0.4, -0.2) is 31.5 Å². The van der Waals surface area contributed by atoms with Crippen molar-refractivity contribution >= 4 is 39.8 Å². The number of fused-ring (bicyclic) bond motifs is 1. The van der Waals surface area contributed by atoms with Crippen molar-refractivity contribution in [1.29, 1.82) is 5.41 Å². The van der Waals surface area contributed by atoms with E-state index in [1.54, 1.807) is 6.08 Å². The summed E-state index contributed by atoms with van der Waals surface area (Å²) < 4.78 is 2.15. The van der Waals surface area contributed by atoms with E-state index in [1.807, 2.05) is 19.9 Å². The maximum Gasteiger partial charge on any atom is 0.283 e. The molecule has 0 atom stereocenters. The van der Waals surface area contributed by atoms with Crippen LogP contribution in [-0.2, 0) is 4.79 Å². The lowest BCUT2D eigenvalue weighted by Gasteiger charge is -2.20. The fourth-order valence-corrected chi connectivity index (χ4v) is 4.51. The van der Waals surface area contributed by atoms with Crippen molar-refractivity contribution in [1.82, 2.24) is 9.58 Å². The van der Waals surface area contributed by atoms with Crippen molar-refractivity contribution in [3.05, 3.63) is 58.4 Å². The molecule has 1 N–H and O–H groups in total. The SMILES string of the molecule is CCCC1=NN2C(=N)/C(=C/c3cc(C)n(-c4ccc(C)cc4)c3C)C(=O)N=C2S1. The van der Waals surface area contributed by atoms with Crippen LogP contribution in [0.5, 0.6) is 0 Å². The summed E-state index contributed by atoms with van der Waals surface area (Å²) in [7, 11) is 0. The van der Waals surface area contributed by atoms with Gasteiger partial charge in [-0.3, -0.25) is 10.2 Å². The zero-order valence-electron chi connectivity index (χ0n) is 17.0. The van der Waals surface area contributed by atoms with Gasteiger partial charge in [0.2, 0.25) is 5.17 Å². The summed E-state index contributed by atoms with van der Waals surface area (Å²) in [6.45, 7) is 8.20. The number of nitrogens with one attached hydrogen (secondary N) is 1. The Morgan fingerprint density at radius 3 is 2.59 bits per heavy atom. The van der Waals surface area contributed by atoms with E-state index in [2.05, 4.69) is 52.8 Å². The molecule has 0 saturated carbocycles. The van der Waals surface area contributed by atoms with E-state index in [0.717, 1.165) is 40.5 Å². The molecule has 0 aliphatic carbocycles. The maximum atomic E-state index is 12.6. The number of carbonyl (C=O) groups is 1. The minimum Gasteiger partial charge on any atom is -0.318 e. The maximum absolute atomic E-state index is 12.6. The summed E-state index contributed by atoms with van der Waals surface area (Å²) in [5, 5.41) is 15.8. The van der Waals surface area contributed by atoms with Crippen LogP contribution in [0, 0.1) is 26.2 Å². The number of benzene rings is 1. The number of aryl methyl sites for hydroxylation is 2. The van der Waals surface area contributed by atoms with Crippen molar-refractivity contribution in [2.24, 2.45) is 10.1 Å². The van der Waals surface area contributed by atoms with Crippen LogP contribution in [0.1, 0.15) is 42.3 Å². The molecule has 2 aliphatic heterocycles. The highest BCUT2D eigenvalue weighted by atomic mass is 32.2. The van der Waals surface area contributed by atoms with Crippen LogP contribution in [0.3, 0.4) is 0 Å². The van der Waals surface area contributed by atoms with Crippen molar-refractivity contribution < 1.29 is 4.79 Å². The Balaban J connectivity index is 1.72. The summed E-state index contributed by atoms with van der Waals surface area (Å²) in [6.07, 6.45) is 3.54. The van der Waals surface area contributed by atoms with Gasteiger partial charge >= 0.3 is 0 Å². The number of hydrogen-bond donors (Lipinski definition) is 1. The van der Waals surface area contributed by atoms with Crippen LogP contribution in [0.25, 0.3) is 11.8 Å². The van der Waals surface area contributed by atoms with E-state index in [9.17, 15) is 4.79 Å². The van der Waals surface area contributed by atoms with Crippen LogP contribution >= 0.6 is 11.8 Å². The fraction of sp³-hybridized carbons (Fsp3) is 0.273. The van der Waals surface area contributed by atoms with Crippen LogP contribution < -0.4 is 0 Å². The van der Waals surface area contributed by atoms with Gasteiger partial charge in [-0.1, -0.05) is 24.6 Å². The van der Waals surface area contributed by atoms with E-state index in [1.165, 1.54) is 22.3 Å². The molecular weight excluding hydrogens is 382 g/mol. The van der Waals surface area contributed by atoms with Gasteiger partial charge in [0.15, 0.2) is 5.84 Å². The molecule has 6 nitrogen and oxygen atoms in total. The van der Waals surface area contributed by atoms with Gasteiger partial charge < -0.3 is 4.57 Å². The lowest BCUT2D eigenvalue weighted by atomic mass is 10.1. The van der Waals surface area contributed by atoms with Crippen molar-refractivity contribution in [2.75, 3.05) is 0 Å². The third-order valence-electron chi connectivity index (χ3n) is 5.02. The van der Waals surface area contributed by atoms with E-state index < -0.39 is 0 Å². The molecule has 148 valence electrons. The molecule has 1 aromatic carbocycles. The molecule has 0 fully saturated rings. The average molecular weight is 406 g/mol. The first-order valence-electron chi connectivity index (χ1n) is 9.64. The molecule has 3 heterocycles. The highest BCUT2D eigenvalue weighted by Crippen LogP contribution is 2.31. The fourth-order valence-electron chi connectivity index (χ4n) is 3.53. The Bertz CT molecular complexity index is 1100. The van der Waals surface area contributed by atoms with E-state index in [4.69, 9.17) is 5.41 Å². The first kappa shape index (κ1) is 19.4. The number of nitrogens with zero attached hydrogens (tertiary/aromatic N) is 4. The van der Waals surface area contributed by atoms with E-state index in [-0.39, 0.29) is 17.3 Å². The molecule has 29 heavy (non-hydrogen) atoms. The van der Waals surface area contributed by atoms with Crippen molar-refractivity contribution in [3.63, 3.8) is 0 Å². The molecule has 7 heteroatoms. The Kier molecular flexibility index (Phi) is 5.00. The molecule has 0 radical (unpaired) electrons. The molecule has 0 spiro atoms. The lowest BCUT2D eigenvalue weighted by Crippen LogP contribution is -2.35. The highest BCUT2D eigenvalue weighted by Gasteiger charge is 2.35. The first-order valence-corrected chi connectivity index (χ1v) is 10.5. The molecule has 0 bridgehead atoms. The third-order valence-corrected chi connectivity index (χ3v) is 5.99. The molecule has 2 aliphatic rings. The number of hydrogen-bond acceptors (Lipinski definition) is 4. The third kappa shape index (κ3) is 3.46. The molecular formula is C22H23N5OS. The van der Waals surface area contributed by atoms with Crippen LogP contribution in [0.4, 0.5) is 0 Å². The zero-order valence-corrected chi connectivity index (χ0v) is 17.8. The number of carbonyl (C=O) groups excluding carboxylic acids is 1. The summed E-state index contributed by atoms with van der Waals surface area (Å²) in [5.74, 6) is -0.305. The van der Waals surface area contributed by atoms with Gasteiger partial charge in [-0.05, 0) is 75.2 Å². The van der Waals surface area contributed by atoms with Gasteiger partial charge in [0, 0.05) is 17.1 Å². The molecule has 0 saturated heterocycles. The van der Waals surface area contributed by atoms with Gasteiger partial charge in [0.1, 0.15) is 5.04 Å². The Morgan fingerprint density at radius 1 is 1.17 bits per heavy atom. The normalized spacial score (nSPS) is 17.7. The number of amidine groups is 2. The second-order valence-corrected chi connectivity index (χ2v) is 8.30. The monoisotopic (exact) mass is 405 g/mol. The molecule has 4 rings (SSSR count). The zero-order chi connectivity index (χ0) is 20.7. The van der Waals surface area contributed by atoms with Gasteiger partial charge in [-0.25, -0.2) is 0 Å². The van der Waals surface area contributed by atoms with Crippen LogP contribution in [0.2, 0.25) is 0 Å². The average Bonchev–Trinajstić information content (AvgIpc) is 3.20. The summed E-state index contributed by atoms with van der Waals surface area (Å²) in [6, 6.07) is 10.4. The largest absolute Gasteiger partial charge is 0.318 e. The summed E-state index contributed by atoms with van der Waals surface area (Å²) in [5.41, 5.74) is 5.53. The molecule has 2 aromatic rings. The van der Waals surface area contributed by atoms with E-state index in [0.29, 0.717) is 5.17 Å². The predicted octanol–water partition coefficient (Wildman–Crippen LogP) is 4.82. The number of thioether (sulfide) groups is 1. The van der Waals surface area contributed by atoms with Crippen molar-refractivity contribution in [2.45, 2.75) is 40.5 Å². The minimum atomic E-state index is -0.387. The topological polar surface area (TPSA) is 73.8 Å². The van der Waals surface area contributed by atoms with Gasteiger partial charge in [0.25, 0.3) is 5.91 Å². The first-order chi connectivity index (χ1) is 13.9. The molecule has 0 unspecified atom stereocenters. The number of aliphatic imine (C=N–C) groups is 1. The second-order valence-electron chi connectivity index (χ2n) is 7.26. The lowest BCUT2D eigenvalue weighted by molar-refractivity contribution is -0.114. The number of hydrazone groups is 1. The Labute approximate surface area is 174 Å². The number of amides is 1. The second kappa shape index (κ2) is 7.48. The smallest absolute Gasteiger partial charge is 0.283 e. The predicted molar refractivity (Wildman–Crippen MR) is 120 cm³/mol. The quantitative estimate of drug-likeness (QED) is 0.741. The van der Waals surface area contributed by atoms with E-state index >= 15 is 0 Å². The van der Waals surface area contributed by atoms with Crippen molar-refractivity contribution in [3.8, 4) is 5.69 Å². The highest BCUT2D eigenvalue weighted by molar-refractivity contribution is 8.26. The van der Waals surface area contributed by atoms with Gasteiger partial charge in [-0.2, -0.15) is 15.1 Å². The Morgan fingerprint density at radius 2 is 1.90 bits per heavy atom.